The topological polar surface area (TPSA) is 73.5 Å². The van der Waals surface area contributed by atoms with Gasteiger partial charge in [0.15, 0.2) is 6.61 Å². The molecule has 1 aromatic rings. The van der Waals surface area contributed by atoms with E-state index in [4.69, 9.17) is 10.00 Å². The van der Waals surface area contributed by atoms with Crippen LogP contribution in [0.15, 0.2) is 30.4 Å². The Labute approximate surface area is 162 Å². The van der Waals surface area contributed by atoms with Gasteiger partial charge >= 0.3 is 0 Å². The Morgan fingerprint density at radius 3 is 2.96 bits per heavy atom. The number of ether oxygens (including phenoxy) is 1. The van der Waals surface area contributed by atoms with Gasteiger partial charge in [0.1, 0.15) is 11.8 Å². The maximum atomic E-state index is 10.6. The lowest BCUT2D eigenvalue weighted by molar-refractivity contribution is 0.140. The summed E-state index contributed by atoms with van der Waals surface area (Å²) in [6.07, 6.45) is 9.93. The number of fused-ring (bicyclic) bond motifs is 2. The summed E-state index contributed by atoms with van der Waals surface area (Å²) in [5.74, 6) is 1.74. The molecule has 0 aliphatic heterocycles. The summed E-state index contributed by atoms with van der Waals surface area (Å²) in [5.41, 5.74) is 2.47. The molecule has 0 radical (unpaired) electrons. The minimum Gasteiger partial charge on any atom is -0.478 e. The van der Waals surface area contributed by atoms with Gasteiger partial charge < -0.3 is 14.9 Å². The number of rotatable bonds is 8. The van der Waals surface area contributed by atoms with Gasteiger partial charge in [-0.25, -0.2) is 0 Å². The van der Waals surface area contributed by atoms with Crippen LogP contribution in [0.1, 0.15) is 50.2 Å². The van der Waals surface area contributed by atoms with Crippen molar-refractivity contribution in [1.82, 2.24) is 0 Å². The van der Waals surface area contributed by atoms with Crippen molar-refractivity contribution in [3.05, 3.63) is 41.5 Å². The number of benzene rings is 1. The first-order valence-electron chi connectivity index (χ1n) is 10.3. The third kappa shape index (κ3) is 4.72. The van der Waals surface area contributed by atoms with Crippen LogP contribution < -0.4 is 4.74 Å². The average molecular weight is 370 g/mol. The summed E-state index contributed by atoms with van der Waals surface area (Å²) in [4.78, 5) is 0. The maximum Gasteiger partial charge on any atom is 0.174 e. The maximum absolute atomic E-state index is 10.6. The molecule has 3 rings (SSSR count). The van der Waals surface area contributed by atoms with Crippen molar-refractivity contribution in [1.29, 1.82) is 5.26 Å². The Balaban J connectivity index is 1.69. The minimum atomic E-state index is -0.412. The van der Waals surface area contributed by atoms with Crippen LogP contribution in [-0.4, -0.2) is 29.0 Å². The van der Waals surface area contributed by atoms with Crippen molar-refractivity contribution in [3.63, 3.8) is 0 Å². The van der Waals surface area contributed by atoms with E-state index in [1.54, 1.807) is 0 Å². The van der Waals surface area contributed by atoms with Crippen LogP contribution in [0.5, 0.6) is 5.75 Å². The number of aliphatic hydroxyl groups excluding tert-OH is 2. The van der Waals surface area contributed by atoms with E-state index in [2.05, 4.69) is 19.1 Å². The molecule has 27 heavy (non-hydrogen) atoms. The molecule has 0 amide bonds. The van der Waals surface area contributed by atoms with Crippen molar-refractivity contribution in [2.75, 3.05) is 6.61 Å². The quantitative estimate of drug-likeness (QED) is 0.540. The largest absolute Gasteiger partial charge is 0.478 e. The molecule has 1 unspecified atom stereocenters. The highest BCUT2D eigenvalue weighted by molar-refractivity contribution is 5.43. The van der Waals surface area contributed by atoms with E-state index in [-0.39, 0.29) is 18.6 Å². The first-order valence-corrected chi connectivity index (χ1v) is 10.3. The lowest BCUT2D eigenvalue weighted by Gasteiger charge is -2.31. The summed E-state index contributed by atoms with van der Waals surface area (Å²) >= 11 is 0. The van der Waals surface area contributed by atoms with Crippen molar-refractivity contribution >= 4 is 0 Å². The number of nitrogens with zero attached hydrogens (tertiary/aromatic N) is 1. The third-order valence-corrected chi connectivity index (χ3v) is 6.19. The molecule has 0 bridgehead atoms. The molecular formula is C23H31NO3. The van der Waals surface area contributed by atoms with Gasteiger partial charge in [0.05, 0.1) is 12.2 Å². The molecule has 146 valence electrons. The summed E-state index contributed by atoms with van der Waals surface area (Å²) < 4.78 is 5.61. The lowest BCUT2D eigenvalue weighted by Crippen LogP contribution is -2.26. The molecule has 2 aliphatic carbocycles. The van der Waals surface area contributed by atoms with Crippen LogP contribution >= 0.6 is 0 Å². The average Bonchev–Trinajstić information content (AvgIpc) is 2.97. The van der Waals surface area contributed by atoms with Gasteiger partial charge in [-0.1, -0.05) is 50.5 Å². The van der Waals surface area contributed by atoms with E-state index in [1.165, 1.54) is 11.1 Å². The van der Waals surface area contributed by atoms with Crippen molar-refractivity contribution < 1.29 is 14.9 Å². The molecule has 5 atom stereocenters. The summed E-state index contributed by atoms with van der Waals surface area (Å²) in [5, 5.41) is 29.6. The van der Waals surface area contributed by atoms with Crippen molar-refractivity contribution in [2.45, 2.75) is 64.1 Å². The molecule has 2 aliphatic rings. The zero-order valence-corrected chi connectivity index (χ0v) is 16.2. The Kier molecular flexibility index (Phi) is 6.93. The van der Waals surface area contributed by atoms with Crippen LogP contribution in [0.25, 0.3) is 0 Å². The van der Waals surface area contributed by atoms with Crippen LogP contribution in [-0.2, 0) is 12.8 Å². The predicted molar refractivity (Wildman–Crippen MR) is 105 cm³/mol. The standard InChI is InChI=1S/C23H31NO3/c1-2-3-4-7-18(25)9-10-19-20-13-16-6-5-8-23(27-12-11-24)21(16)14-17(20)15-22(19)26/h5-6,8-10,17-20,22,25-26H,2-4,7,12-15H2,1H3/t17?,18-,19+,20-,22+/m0/s1. The van der Waals surface area contributed by atoms with Crippen molar-refractivity contribution in [3.8, 4) is 11.8 Å². The molecule has 2 N–H and O–H groups in total. The fourth-order valence-electron chi connectivity index (χ4n) is 4.80. The van der Waals surface area contributed by atoms with Crippen molar-refractivity contribution in [2.24, 2.45) is 17.8 Å². The molecule has 0 saturated heterocycles. The Bertz CT molecular complexity index is 693. The Morgan fingerprint density at radius 1 is 1.33 bits per heavy atom. The number of hydrogen-bond acceptors (Lipinski definition) is 4. The number of aliphatic hydroxyl groups is 2. The molecule has 4 heteroatoms. The van der Waals surface area contributed by atoms with E-state index >= 15 is 0 Å². The highest BCUT2D eigenvalue weighted by Crippen LogP contribution is 2.47. The van der Waals surface area contributed by atoms with Crippen LogP contribution in [0, 0.1) is 29.1 Å². The van der Waals surface area contributed by atoms with Gasteiger partial charge in [-0.2, -0.15) is 5.26 Å². The van der Waals surface area contributed by atoms with E-state index in [9.17, 15) is 10.2 Å². The predicted octanol–water partition coefficient (Wildman–Crippen LogP) is 3.80. The Hall–Kier alpha value is -1.83. The fraction of sp³-hybridized carbons (Fsp3) is 0.609. The normalized spacial score (nSPS) is 27.8. The van der Waals surface area contributed by atoms with Gasteiger partial charge in [0.2, 0.25) is 0 Å². The molecule has 0 heterocycles. The zero-order valence-electron chi connectivity index (χ0n) is 16.2. The molecule has 1 fully saturated rings. The molecule has 0 aromatic heterocycles. The monoisotopic (exact) mass is 369 g/mol. The van der Waals surface area contributed by atoms with Crippen LogP contribution in [0.4, 0.5) is 0 Å². The van der Waals surface area contributed by atoms with Gasteiger partial charge in [-0.15, -0.1) is 0 Å². The smallest absolute Gasteiger partial charge is 0.174 e. The van der Waals surface area contributed by atoms with Gasteiger partial charge in [0, 0.05) is 5.92 Å². The first kappa shape index (κ1) is 19.9. The van der Waals surface area contributed by atoms with Gasteiger partial charge in [0.25, 0.3) is 0 Å². The minimum absolute atomic E-state index is 0.0639. The number of nitriles is 1. The second-order valence-electron chi connectivity index (χ2n) is 8.00. The van der Waals surface area contributed by atoms with Crippen LogP contribution in [0.2, 0.25) is 0 Å². The molecular weight excluding hydrogens is 338 g/mol. The third-order valence-electron chi connectivity index (χ3n) is 6.19. The highest BCUT2D eigenvalue weighted by atomic mass is 16.5. The number of unbranched alkanes of at least 4 members (excludes halogenated alkanes) is 2. The molecule has 1 aromatic carbocycles. The molecule has 1 saturated carbocycles. The highest BCUT2D eigenvalue weighted by Gasteiger charge is 2.44. The molecule has 4 nitrogen and oxygen atoms in total. The summed E-state index contributed by atoms with van der Waals surface area (Å²) in [6, 6.07) is 8.09. The second-order valence-corrected chi connectivity index (χ2v) is 8.00. The first-order chi connectivity index (χ1) is 13.1. The van der Waals surface area contributed by atoms with E-state index < -0.39 is 6.10 Å². The summed E-state index contributed by atoms with van der Waals surface area (Å²) in [7, 11) is 0. The van der Waals surface area contributed by atoms with E-state index in [0.29, 0.717) is 11.8 Å². The fourth-order valence-corrected chi connectivity index (χ4v) is 4.80. The zero-order chi connectivity index (χ0) is 19.2. The summed E-state index contributed by atoms with van der Waals surface area (Å²) in [6.45, 7) is 2.23. The van der Waals surface area contributed by atoms with E-state index in [1.807, 2.05) is 24.3 Å². The second kappa shape index (κ2) is 9.39. The Morgan fingerprint density at radius 2 is 2.19 bits per heavy atom. The SMILES string of the molecule is CCCCC[C@H](O)C=C[C@H]1[C@H](O)CC2Cc3c(cccc3OCC#N)C[C@@H]21. The van der Waals surface area contributed by atoms with Crippen LogP contribution in [0.3, 0.4) is 0 Å². The molecule has 0 spiro atoms. The number of hydrogen-bond donors (Lipinski definition) is 2. The lowest BCUT2D eigenvalue weighted by atomic mass is 9.74. The van der Waals surface area contributed by atoms with Gasteiger partial charge in [-0.05, 0) is 54.7 Å². The van der Waals surface area contributed by atoms with E-state index in [0.717, 1.165) is 50.7 Å². The van der Waals surface area contributed by atoms with Gasteiger partial charge in [-0.3, -0.25) is 0 Å².